The summed E-state index contributed by atoms with van der Waals surface area (Å²) in [5.74, 6) is 0.211. The molecule has 1 aromatic heterocycles. The minimum atomic E-state index is -0.763. The fraction of sp³-hybridized carbons (Fsp3) is 0.263. The molecule has 10 heteroatoms. The summed E-state index contributed by atoms with van der Waals surface area (Å²) in [6.45, 7) is 2.69. The number of ether oxygens (including phenoxy) is 2. The predicted octanol–water partition coefficient (Wildman–Crippen LogP) is 2.10. The lowest BCUT2D eigenvalue weighted by molar-refractivity contribution is -0.384. The molecule has 10 nitrogen and oxygen atoms in total. The van der Waals surface area contributed by atoms with Gasteiger partial charge >= 0.3 is 5.76 Å². The molecule has 0 spiro atoms. The summed E-state index contributed by atoms with van der Waals surface area (Å²) in [7, 11) is 0. The summed E-state index contributed by atoms with van der Waals surface area (Å²) in [5, 5.41) is 13.5. The molecular weight excluding hydrogens is 382 g/mol. The van der Waals surface area contributed by atoms with Gasteiger partial charge in [0.05, 0.1) is 29.7 Å². The Labute approximate surface area is 164 Å². The van der Waals surface area contributed by atoms with Crippen molar-refractivity contribution >= 4 is 22.7 Å². The van der Waals surface area contributed by atoms with Gasteiger partial charge < -0.3 is 19.2 Å². The number of fused-ring (bicyclic) bond motifs is 1. The molecule has 0 saturated carbocycles. The van der Waals surface area contributed by atoms with E-state index in [1.165, 1.54) is 12.1 Å². The van der Waals surface area contributed by atoms with Gasteiger partial charge in [-0.1, -0.05) is 0 Å². The molecule has 29 heavy (non-hydrogen) atoms. The Hall–Kier alpha value is -3.82. The number of non-ortho nitro benzene ring substituents is 1. The van der Waals surface area contributed by atoms with Crippen LogP contribution in [0.15, 0.2) is 51.7 Å². The van der Waals surface area contributed by atoms with Crippen molar-refractivity contribution in [3.05, 3.63) is 63.1 Å². The van der Waals surface area contributed by atoms with Crippen LogP contribution >= 0.6 is 0 Å². The molecule has 1 N–H and O–H groups in total. The average molecular weight is 401 g/mol. The Morgan fingerprint density at radius 1 is 1.17 bits per heavy atom. The molecule has 0 aliphatic heterocycles. The lowest BCUT2D eigenvalue weighted by Crippen LogP contribution is -2.33. The van der Waals surface area contributed by atoms with Gasteiger partial charge in [-0.15, -0.1) is 0 Å². The Kier molecular flexibility index (Phi) is 6.12. The number of nitrogens with zero attached hydrogens (tertiary/aromatic N) is 2. The number of hydrogen-bond acceptors (Lipinski definition) is 7. The van der Waals surface area contributed by atoms with E-state index in [0.29, 0.717) is 17.9 Å². The summed E-state index contributed by atoms with van der Waals surface area (Å²) in [4.78, 5) is 34.3. The molecule has 0 bridgehead atoms. The van der Waals surface area contributed by atoms with Gasteiger partial charge in [0.15, 0.2) is 5.58 Å². The third kappa shape index (κ3) is 4.92. The van der Waals surface area contributed by atoms with E-state index in [4.69, 9.17) is 13.9 Å². The van der Waals surface area contributed by atoms with Crippen molar-refractivity contribution in [1.29, 1.82) is 0 Å². The van der Waals surface area contributed by atoms with Crippen LogP contribution in [0.5, 0.6) is 11.5 Å². The lowest BCUT2D eigenvalue weighted by Gasteiger charge is -2.09. The molecule has 2 aromatic carbocycles. The number of aromatic nitrogens is 1. The summed E-state index contributed by atoms with van der Waals surface area (Å²) < 4.78 is 17.0. The second-order valence-electron chi connectivity index (χ2n) is 5.97. The van der Waals surface area contributed by atoms with E-state index >= 15 is 0 Å². The maximum atomic E-state index is 12.1. The molecule has 1 heterocycles. The first-order chi connectivity index (χ1) is 14.0. The molecule has 1 amide bonds. The van der Waals surface area contributed by atoms with Crippen LogP contribution in [0.4, 0.5) is 5.69 Å². The average Bonchev–Trinajstić information content (AvgIpc) is 3.01. The van der Waals surface area contributed by atoms with Gasteiger partial charge in [-0.25, -0.2) is 4.79 Å². The predicted molar refractivity (Wildman–Crippen MR) is 103 cm³/mol. The van der Waals surface area contributed by atoms with Crippen molar-refractivity contribution in [2.24, 2.45) is 0 Å². The van der Waals surface area contributed by atoms with E-state index < -0.39 is 16.6 Å². The number of carbonyl (C=O) groups excluding carboxylic acids is 1. The second-order valence-corrected chi connectivity index (χ2v) is 5.97. The van der Waals surface area contributed by atoms with Gasteiger partial charge in [-0.05, 0) is 37.3 Å². The van der Waals surface area contributed by atoms with Crippen LogP contribution in [0.1, 0.15) is 6.92 Å². The van der Waals surface area contributed by atoms with Gasteiger partial charge in [0.2, 0.25) is 5.91 Å². The van der Waals surface area contributed by atoms with Crippen molar-refractivity contribution in [3.63, 3.8) is 0 Å². The number of nitro groups is 1. The number of rotatable bonds is 9. The van der Waals surface area contributed by atoms with Crippen molar-refractivity contribution in [2.45, 2.75) is 13.5 Å². The molecule has 152 valence electrons. The van der Waals surface area contributed by atoms with Crippen molar-refractivity contribution in [3.8, 4) is 11.5 Å². The zero-order chi connectivity index (χ0) is 20.8. The topological polar surface area (TPSA) is 126 Å². The number of amides is 1. The summed E-state index contributed by atoms with van der Waals surface area (Å²) >= 11 is 0. The largest absolute Gasteiger partial charge is 0.494 e. The zero-order valence-corrected chi connectivity index (χ0v) is 15.6. The molecule has 0 aliphatic rings. The van der Waals surface area contributed by atoms with Crippen molar-refractivity contribution in [2.75, 3.05) is 19.8 Å². The van der Waals surface area contributed by atoms with E-state index in [9.17, 15) is 19.7 Å². The lowest BCUT2D eigenvalue weighted by atomic mass is 10.3. The Balaban J connectivity index is 1.52. The minimum absolute atomic E-state index is 0.0517. The summed E-state index contributed by atoms with van der Waals surface area (Å²) in [6.07, 6.45) is 0. The van der Waals surface area contributed by atoms with Crippen LogP contribution in [0.2, 0.25) is 0 Å². The third-order valence-electron chi connectivity index (χ3n) is 3.99. The second kappa shape index (κ2) is 8.91. The quantitative estimate of drug-likeness (QED) is 0.330. The summed E-state index contributed by atoms with van der Waals surface area (Å²) in [6, 6.07) is 10.9. The summed E-state index contributed by atoms with van der Waals surface area (Å²) in [5.41, 5.74) is 0.159. The van der Waals surface area contributed by atoms with E-state index in [0.717, 1.165) is 16.4 Å². The van der Waals surface area contributed by atoms with Crippen LogP contribution < -0.4 is 20.5 Å². The van der Waals surface area contributed by atoms with Gasteiger partial charge in [-0.3, -0.25) is 19.5 Å². The molecule has 0 saturated heterocycles. The number of benzene rings is 2. The van der Waals surface area contributed by atoms with Crippen LogP contribution in [-0.2, 0) is 11.3 Å². The van der Waals surface area contributed by atoms with Gasteiger partial charge in [0, 0.05) is 6.07 Å². The molecule has 0 radical (unpaired) electrons. The smallest absolute Gasteiger partial charge is 0.420 e. The fourth-order valence-electron chi connectivity index (χ4n) is 2.68. The van der Waals surface area contributed by atoms with Gasteiger partial charge in [-0.2, -0.15) is 0 Å². The van der Waals surface area contributed by atoms with Crippen LogP contribution in [0.3, 0.4) is 0 Å². The normalized spacial score (nSPS) is 10.7. The highest BCUT2D eigenvalue weighted by molar-refractivity contribution is 5.80. The molecule has 0 atom stereocenters. The first-order valence-electron chi connectivity index (χ1n) is 8.88. The molecule has 3 aromatic rings. The number of oxazole rings is 1. The third-order valence-corrected chi connectivity index (χ3v) is 3.99. The SMILES string of the molecule is CCOc1ccc(OCCNC(=O)Cn2c(=O)oc3cc([N+](=O)[O-])ccc32)cc1. The number of nitro benzene ring substituents is 1. The minimum Gasteiger partial charge on any atom is -0.494 e. The number of carbonyl (C=O) groups is 1. The maximum Gasteiger partial charge on any atom is 0.420 e. The van der Waals surface area contributed by atoms with Crippen molar-refractivity contribution < 1.29 is 23.6 Å². The van der Waals surface area contributed by atoms with E-state index in [2.05, 4.69) is 5.32 Å². The molecular formula is C19H19N3O7. The number of hydrogen-bond donors (Lipinski definition) is 1. The Bertz CT molecular complexity index is 1070. The highest BCUT2D eigenvalue weighted by atomic mass is 16.6. The van der Waals surface area contributed by atoms with Crippen LogP contribution in [0, 0.1) is 10.1 Å². The maximum absolute atomic E-state index is 12.1. The highest BCUT2D eigenvalue weighted by Gasteiger charge is 2.16. The fourth-order valence-corrected chi connectivity index (χ4v) is 2.68. The Morgan fingerprint density at radius 3 is 2.52 bits per heavy atom. The van der Waals surface area contributed by atoms with Gasteiger partial charge in [0.25, 0.3) is 5.69 Å². The Morgan fingerprint density at radius 2 is 1.86 bits per heavy atom. The molecule has 3 rings (SSSR count). The van der Waals surface area contributed by atoms with Crippen LogP contribution in [0.25, 0.3) is 11.1 Å². The zero-order valence-electron chi connectivity index (χ0n) is 15.6. The number of nitrogens with one attached hydrogen (secondary N) is 1. The first kappa shape index (κ1) is 19.9. The van der Waals surface area contributed by atoms with Crippen LogP contribution in [-0.4, -0.2) is 35.2 Å². The van der Waals surface area contributed by atoms with Crippen molar-refractivity contribution in [1.82, 2.24) is 9.88 Å². The molecule has 0 fully saturated rings. The standard InChI is InChI=1S/C19H19N3O7/c1-2-27-14-4-6-15(7-5-14)28-10-9-20-18(23)12-21-16-8-3-13(22(25)26)11-17(16)29-19(21)24/h3-8,11H,2,9-10,12H2,1H3,(H,20,23). The van der Waals surface area contributed by atoms with Gasteiger partial charge in [0.1, 0.15) is 24.7 Å². The molecule has 0 unspecified atom stereocenters. The van der Waals surface area contributed by atoms with E-state index in [-0.39, 0.29) is 31.0 Å². The van der Waals surface area contributed by atoms with E-state index in [1.807, 2.05) is 6.92 Å². The monoisotopic (exact) mass is 401 g/mol. The van der Waals surface area contributed by atoms with E-state index in [1.54, 1.807) is 24.3 Å². The highest BCUT2D eigenvalue weighted by Crippen LogP contribution is 2.20. The first-order valence-corrected chi connectivity index (χ1v) is 8.88. The molecule has 0 aliphatic carbocycles.